The smallest absolute Gasteiger partial charge is 0.329 e. The van der Waals surface area contributed by atoms with E-state index in [1.54, 1.807) is 18.2 Å². The van der Waals surface area contributed by atoms with E-state index in [-0.39, 0.29) is 31.3 Å². The van der Waals surface area contributed by atoms with Crippen molar-refractivity contribution >= 4 is 26.8 Å². The number of nitrogens with zero attached hydrogens (tertiary/aromatic N) is 3. The minimum absolute atomic E-state index is 0.104. The molecule has 0 saturated carbocycles. The van der Waals surface area contributed by atoms with Crippen molar-refractivity contribution in [1.82, 2.24) is 18.8 Å². The van der Waals surface area contributed by atoms with Gasteiger partial charge in [0.25, 0.3) is 12.0 Å². The zero-order chi connectivity index (χ0) is 22.1. The molecule has 1 amide bonds. The number of aromatic amines is 1. The molecular weight excluding hydrogens is 422 g/mol. The molecule has 12 heteroatoms. The van der Waals surface area contributed by atoms with Crippen LogP contribution in [0.5, 0.6) is 0 Å². The Labute approximate surface area is 171 Å². The molecule has 0 radical (unpaired) electrons. The minimum atomic E-state index is -3.41. The van der Waals surface area contributed by atoms with Crippen LogP contribution in [0.2, 0.25) is 0 Å². The molecule has 164 valence electrons. The molecule has 30 heavy (non-hydrogen) atoms. The van der Waals surface area contributed by atoms with Gasteiger partial charge in [-0.2, -0.15) is 0 Å². The van der Waals surface area contributed by atoms with Crippen molar-refractivity contribution in [3.8, 4) is 0 Å². The molecule has 1 N–H and O–H groups in total. The number of para-hydroxylation sites is 1. The molecule has 3 rings (SSSR count). The van der Waals surface area contributed by atoms with E-state index in [0.29, 0.717) is 10.1 Å². The second kappa shape index (κ2) is 8.64. The monoisotopic (exact) mass is 444 g/mol. The maximum atomic E-state index is 13.1. The number of nitrogens with one attached hydrogen (secondary N) is 1. The Morgan fingerprint density at radius 1 is 1.23 bits per heavy atom. The van der Waals surface area contributed by atoms with Gasteiger partial charge >= 0.3 is 5.69 Å². The van der Waals surface area contributed by atoms with E-state index in [2.05, 4.69) is 4.98 Å². The Balaban J connectivity index is 1.84. The van der Waals surface area contributed by atoms with Crippen LogP contribution in [-0.2, 0) is 21.4 Å². The van der Waals surface area contributed by atoms with Gasteiger partial charge in [-0.1, -0.05) is 12.1 Å². The average Bonchev–Trinajstić information content (AvgIpc) is 2.68. The van der Waals surface area contributed by atoms with E-state index in [0.717, 1.165) is 11.2 Å². The first-order valence-electron chi connectivity index (χ1n) is 9.32. The number of rotatable bonds is 6. The number of hydrogen-bond acceptors (Lipinski definition) is 5. The van der Waals surface area contributed by atoms with Crippen molar-refractivity contribution in [2.24, 2.45) is 0 Å². The molecule has 9 nitrogen and oxygen atoms in total. The van der Waals surface area contributed by atoms with Crippen LogP contribution in [0.15, 0.2) is 33.9 Å². The summed E-state index contributed by atoms with van der Waals surface area (Å²) in [5.74, 6) is -0.795. The third-order valence-electron chi connectivity index (χ3n) is 5.17. The summed E-state index contributed by atoms with van der Waals surface area (Å²) >= 11 is 0. The molecule has 2 aromatic rings. The lowest BCUT2D eigenvalue weighted by Gasteiger charge is -2.37. The van der Waals surface area contributed by atoms with E-state index in [9.17, 15) is 31.6 Å². The van der Waals surface area contributed by atoms with E-state index in [1.807, 2.05) is 0 Å². The van der Waals surface area contributed by atoms with Crippen molar-refractivity contribution in [1.29, 1.82) is 0 Å². The predicted octanol–water partition coefficient (Wildman–Crippen LogP) is 0.208. The van der Waals surface area contributed by atoms with Crippen LogP contribution in [0.3, 0.4) is 0 Å². The number of sulfonamides is 1. The van der Waals surface area contributed by atoms with E-state index >= 15 is 0 Å². The number of fused-ring (bicyclic) bond motifs is 1. The molecule has 1 aromatic heterocycles. The van der Waals surface area contributed by atoms with Gasteiger partial charge in [0, 0.05) is 19.1 Å². The van der Waals surface area contributed by atoms with Crippen molar-refractivity contribution in [2.45, 2.75) is 31.9 Å². The summed E-state index contributed by atoms with van der Waals surface area (Å²) in [6.07, 6.45) is -1.37. The molecule has 1 aliphatic rings. The number of halogens is 2. The lowest BCUT2D eigenvalue weighted by atomic mass is 10.0. The maximum absolute atomic E-state index is 13.1. The zero-order valence-corrected chi connectivity index (χ0v) is 17.1. The predicted molar refractivity (Wildman–Crippen MR) is 106 cm³/mol. The molecule has 1 saturated heterocycles. The zero-order valence-electron chi connectivity index (χ0n) is 16.3. The average molecular weight is 444 g/mol. The van der Waals surface area contributed by atoms with Gasteiger partial charge in [0.1, 0.15) is 6.54 Å². The van der Waals surface area contributed by atoms with Gasteiger partial charge in [0.15, 0.2) is 0 Å². The summed E-state index contributed by atoms with van der Waals surface area (Å²) in [5.41, 5.74) is -1.18. The Morgan fingerprint density at radius 3 is 2.47 bits per heavy atom. The fourth-order valence-electron chi connectivity index (χ4n) is 3.66. The Morgan fingerprint density at radius 2 is 1.87 bits per heavy atom. The second-order valence-corrected chi connectivity index (χ2v) is 9.18. The first-order valence-corrected chi connectivity index (χ1v) is 11.2. The van der Waals surface area contributed by atoms with Crippen LogP contribution >= 0.6 is 0 Å². The largest absolute Gasteiger partial charge is 0.332 e. The number of H-pyrrole nitrogens is 1. The van der Waals surface area contributed by atoms with Gasteiger partial charge in [-0.05, 0) is 25.0 Å². The van der Waals surface area contributed by atoms with Crippen molar-refractivity contribution in [3.63, 3.8) is 0 Å². The highest BCUT2D eigenvalue weighted by molar-refractivity contribution is 7.88. The standard InChI is InChI=1S/C18H22F2N4O5S/c1-30(28,29)22-8-6-12(7-9-22)23(10-15(19)20)16(25)11-24-17(26)13-4-2-3-5-14(13)21-18(24)27/h2-5,12,15H,6-11H2,1H3,(H,21,27). The van der Waals surface area contributed by atoms with E-state index in [1.165, 1.54) is 10.4 Å². The Hall–Kier alpha value is -2.60. The molecule has 0 bridgehead atoms. The Kier molecular flexibility index (Phi) is 6.36. The van der Waals surface area contributed by atoms with Crippen LogP contribution < -0.4 is 11.2 Å². The Bertz CT molecular complexity index is 1150. The normalized spacial score (nSPS) is 16.3. The fourth-order valence-corrected chi connectivity index (χ4v) is 4.53. The molecule has 1 fully saturated rings. The summed E-state index contributed by atoms with van der Waals surface area (Å²) in [4.78, 5) is 41.2. The maximum Gasteiger partial charge on any atom is 0.329 e. The van der Waals surface area contributed by atoms with Crippen molar-refractivity contribution in [2.75, 3.05) is 25.9 Å². The first kappa shape index (κ1) is 22.1. The van der Waals surface area contributed by atoms with Crippen LogP contribution in [-0.4, -0.2) is 71.4 Å². The number of alkyl halides is 2. The molecule has 0 atom stereocenters. The quantitative estimate of drug-likeness (QED) is 0.684. The van der Waals surface area contributed by atoms with E-state index < -0.39 is 52.7 Å². The molecular formula is C18H22F2N4O5S. The number of piperidine rings is 1. The van der Waals surface area contributed by atoms with Crippen LogP contribution in [0.4, 0.5) is 8.78 Å². The summed E-state index contributed by atoms with van der Waals surface area (Å²) in [5, 5.41) is 0.201. The van der Waals surface area contributed by atoms with Crippen LogP contribution in [0.25, 0.3) is 10.9 Å². The van der Waals surface area contributed by atoms with Crippen molar-refractivity contribution < 1.29 is 22.0 Å². The third kappa shape index (κ3) is 4.75. The highest BCUT2D eigenvalue weighted by Crippen LogP contribution is 2.20. The summed E-state index contributed by atoms with van der Waals surface area (Å²) in [6.45, 7) is -1.33. The number of carbonyl (C=O) groups is 1. The van der Waals surface area contributed by atoms with E-state index in [4.69, 9.17) is 0 Å². The summed E-state index contributed by atoms with van der Waals surface area (Å²) in [6, 6.07) is 5.67. The molecule has 1 aliphatic heterocycles. The van der Waals surface area contributed by atoms with Gasteiger partial charge in [-0.15, -0.1) is 0 Å². The number of amides is 1. The fraction of sp³-hybridized carbons (Fsp3) is 0.500. The number of benzene rings is 1. The second-order valence-electron chi connectivity index (χ2n) is 7.20. The highest BCUT2D eigenvalue weighted by atomic mass is 32.2. The van der Waals surface area contributed by atoms with Crippen LogP contribution in [0, 0.1) is 0 Å². The van der Waals surface area contributed by atoms with Crippen LogP contribution in [0.1, 0.15) is 12.8 Å². The SMILES string of the molecule is CS(=O)(=O)N1CCC(N(CC(F)F)C(=O)Cn2c(=O)[nH]c3ccccc3c2=O)CC1. The number of aromatic nitrogens is 2. The molecule has 0 unspecified atom stereocenters. The lowest BCUT2D eigenvalue weighted by Crippen LogP contribution is -2.52. The van der Waals surface area contributed by atoms with Gasteiger partial charge in [-0.3, -0.25) is 14.2 Å². The molecule has 2 heterocycles. The third-order valence-corrected chi connectivity index (χ3v) is 6.47. The van der Waals surface area contributed by atoms with Gasteiger partial charge in [0.05, 0.1) is 23.7 Å². The number of hydrogen-bond donors (Lipinski definition) is 1. The molecule has 1 aromatic carbocycles. The van der Waals surface area contributed by atoms with Gasteiger partial charge in [-0.25, -0.2) is 26.3 Å². The van der Waals surface area contributed by atoms with Gasteiger partial charge < -0.3 is 9.88 Å². The molecule has 0 aliphatic carbocycles. The summed E-state index contributed by atoms with van der Waals surface area (Å²) < 4.78 is 51.5. The number of carbonyl (C=O) groups excluding carboxylic acids is 1. The highest BCUT2D eigenvalue weighted by Gasteiger charge is 2.32. The van der Waals surface area contributed by atoms with Crippen molar-refractivity contribution in [3.05, 3.63) is 45.1 Å². The van der Waals surface area contributed by atoms with Gasteiger partial charge in [0.2, 0.25) is 15.9 Å². The first-order chi connectivity index (χ1) is 14.1. The minimum Gasteiger partial charge on any atom is -0.332 e. The summed E-state index contributed by atoms with van der Waals surface area (Å²) in [7, 11) is -3.41. The molecule has 0 spiro atoms. The lowest BCUT2D eigenvalue weighted by molar-refractivity contribution is -0.137. The topological polar surface area (TPSA) is 113 Å².